The second-order valence-electron chi connectivity index (χ2n) is 7.77. The highest BCUT2D eigenvalue weighted by Crippen LogP contribution is 2.23. The van der Waals surface area contributed by atoms with Crippen LogP contribution in [-0.2, 0) is 11.3 Å². The van der Waals surface area contributed by atoms with E-state index in [1.807, 2.05) is 0 Å². The minimum absolute atomic E-state index is 0.259. The standard InChI is InChI=1S/C20H31N3O/c1-17-7-5-6-10-19(17)21-20(24)16-23-13-11-22(12-14-23)15-18-8-3-2-4-9-18/h2-4,8-9,17,19H,5-7,10-16H2,1H3,(H,21,24)/p+2/t17-,19+/m1/s1. The Bertz CT molecular complexity index is 511. The van der Waals surface area contributed by atoms with E-state index in [1.54, 1.807) is 4.90 Å². The molecule has 1 heterocycles. The minimum atomic E-state index is 0.259. The summed E-state index contributed by atoms with van der Waals surface area (Å²) in [5.74, 6) is 0.903. The molecule has 1 saturated heterocycles. The van der Waals surface area contributed by atoms with Crippen molar-refractivity contribution < 1.29 is 14.6 Å². The van der Waals surface area contributed by atoms with E-state index < -0.39 is 0 Å². The summed E-state index contributed by atoms with van der Waals surface area (Å²) < 4.78 is 0. The maximum atomic E-state index is 12.4. The van der Waals surface area contributed by atoms with Crippen molar-refractivity contribution in [1.82, 2.24) is 5.32 Å². The average Bonchev–Trinajstić information content (AvgIpc) is 2.60. The maximum absolute atomic E-state index is 12.4. The van der Waals surface area contributed by atoms with Crippen LogP contribution in [0.15, 0.2) is 30.3 Å². The van der Waals surface area contributed by atoms with Crippen LogP contribution in [0.3, 0.4) is 0 Å². The molecule has 0 aromatic heterocycles. The number of benzene rings is 1. The Balaban J connectivity index is 1.38. The second-order valence-corrected chi connectivity index (χ2v) is 7.77. The fourth-order valence-electron chi connectivity index (χ4n) is 4.21. The van der Waals surface area contributed by atoms with E-state index in [9.17, 15) is 4.79 Å². The Morgan fingerprint density at radius 1 is 1.04 bits per heavy atom. The van der Waals surface area contributed by atoms with E-state index in [0.29, 0.717) is 18.5 Å². The Hall–Kier alpha value is -1.39. The Kier molecular flexibility index (Phi) is 6.27. The summed E-state index contributed by atoms with van der Waals surface area (Å²) >= 11 is 0. The van der Waals surface area contributed by atoms with Crippen molar-refractivity contribution in [3.8, 4) is 0 Å². The number of quaternary nitrogens is 2. The summed E-state index contributed by atoms with van der Waals surface area (Å²) in [4.78, 5) is 15.5. The molecule has 1 amide bonds. The van der Waals surface area contributed by atoms with Crippen LogP contribution in [0.2, 0.25) is 0 Å². The largest absolute Gasteiger partial charge is 0.348 e. The summed E-state index contributed by atoms with van der Waals surface area (Å²) in [5.41, 5.74) is 1.42. The van der Waals surface area contributed by atoms with Crippen LogP contribution in [0.1, 0.15) is 38.2 Å². The van der Waals surface area contributed by atoms with Crippen LogP contribution < -0.4 is 15.1 Å². The van der Waals surface area contributed by atoms with Crippen molar-refractivity contribution >= 4 is 5.91 Å². The monoisotopic (exact) mass is 331 g/mol. The van der Waals surface area contributed by atoms with Crippen molar-refractivity contribution in [1.29, 1.82) is 0 Å². The van der Waals surface area contributed by atoms with Gasteiger partial charge >= 0.3 is 0 Å². The second kappa shape index (κ2) is 8.63. The first kappa shape index (κ1) is 17.4. The predicted molar refractivity (Wildman–Crippen MR) is 96.0 cm³/mol. The molecule has 3 rings (SSSR count). The van der Waals surface area contributed by atoms with Gasteiger partial charge in [0.1, 0.15) is 32.7 Å². The van der Waals surface area contributed by atoms with Gasteiger partial charge in [0, 0.05) is 11.6 Å². The molecule has 2 atom stereocenters. The van der Waals surface area contributed by atoms with E-state index >= 15 is 0 Å². The number of hydrogen-bond donors (Lipinski definition) is 3. The van der Waals surface area contributed by atoms with Crippen molar-refractivity contribution in [3.63, 3.8) is 0 Å². The molecule has 0 spiro atoms. The molecule has 1 aliphatic carbocycles. The zero-order chi connectivity index (χ0) is 16.8. The van der Waals surface area contributed by atoms with Crippen LogP contribution in [0.4, 0.5) is 0 Å². The Labute approximate surface area is 146 Å². The lowest BCUT2D eigenvalue weighted by molar-refractivity contribution is -1.02. The molecule has 132 valence electrons. The summed E-state index contributed by atoms with van der Waals surface area (Å²) in [6.45, 7) is 8.59. The lowest BCUT2D eigenvalue weighted by Crippen LogP contribution is -3.28. The molecule has 1 saturated carbocycles. The smallest absolute Gasteiger partial charge is 0.275 e. The van der Waals surface area contributed by atoms with Crippen LogP contribution in [-0.4, -0.2) is 44.7 Å². The molecule has 0 unspecified atom stereocenters. The predicted octanol–water partition coefficient (Wildman–Crippen LogP) is -0.335. The molecule has 1 aromatic rings. The SMILES string of the molecule is C[C@@H]1CCCC[C@@H]1NC(=O)C[NH+]1CC[NH+](Cc2ccccc2)CC1. The number of hydrogen-bond acceptors (Lipinski definition) is 1. The van der Waals surface area contributed by atoms with Gasteiger partial charge in [-0.1, -0.05) is 50.1 Å². The first-order valence-electron chi connectivity index (χ1n) is 9.71. The first-order valence-corrected chi connectivity index (χ1v) is 9.71. The molecule has 0 radical (unpaired) electrons. The van der Waals surface area contributed by atoms with Gasteiger partial charge in [-0.2, -0.15) is 0 Å². The molecule has 0 bridgehead atoms. The van der Waals surface area contributed by atoms with E-state index in [-0.39, 0.29) is 5.91 Å². The van der Waals surface area contributed by atoms with E-state index in [4.69, 9.17) is 0 Å². The van der Waals surface area contributed by atoms with Crippen molar-refractivity contribution in [2.45, 2.75) is 45.2 Å². The summed E-state index contributed by atoms with van der Waals surface area (Å²) in [7, 11) is 0. The molecule has 3 N–H and O–H groups in total. The molecule has 2 aliphatic rings. The number of carbonyl (C=O) groups is 1. The summed E-state index contributed by atoms with van der Waals surface area (Å²) in [5, 5.41) is 3.30. The third-order valence-corrected chi connectivity index (χ3v) is 5.83. The van der Waals surface area contributed by atoms with Gasteiger partial charge in [0.15, 0.2) is 6.54 Å². The van der Waals surface area contributed by atoms with Gasteiger partial charge in [-0.3, -0.25) is 4.79 Å². The van der Waals surface area contributed by atoms with Gasteiger partial charge in [0.05, 0.1) is 0 Å². The van der Waals surface area contributed by atoms with E-state index in [1.165, 1.54) is 29.7 Å². The highest BCUT2D eigenvalue weighted by Gasteiger charge is 2.27. The molecular weight excluding hydrogens is 298 g/mol. The fourth-order valence-corrected chi connectivity index (χ4v) is 4.21. The van der Waals surface area contributed by atoms with Crippen LogP contribution in [0, 0.1) is 5.92 Å². The van der Waals surface area contributed by atoms with Crippen LogP contribution in [0.25, 0.3) is 0 Å². The van der Waals surface area contributed by atoms with Gasteiger partial charge < -0.3 is 15.1 Å². The summed E-state index contributed by atoms with van der Waals surface area (Å²) in [6.07, 6.45) is 5.02. The van der Waals surface area contributed by atoms with E-state index in [0.717, 1.165) is 39.1 Å². The molecule has 1 aliphatic heterocycles. The van der Waals surface area contributed by atoms with Gasteiger partial charge in [0.25, 0.3) is 5.91 Å². The minimum Gasteiger partial charge on any atom is -0.348 e. The lowest BCUT2D eigenvalue weighted by atomic mass is 9.86. The third kappa shape index (κ3) is 5.05. The zero-order valence-electron chi connectivity index (χ0n) is 15.0. The zero-order valence-corrected chi connectivity index (χ0v) is 15.0. The number of carbonyl (C=O) groups excluding carboxylic acids is 1. The van der Waals surface area contributed by atoms with Crippen LogP contribution in [0.5, 0.6) is 0 Å². The van der Waals surface area contributed by atoms with Crippen LogP contribution >= 0.6 is 0 Å². The van der Waals surface area contributed by atoms with Crippen molar-refractivity contribution in [2.75, 3.05) is 32.7 Å². The van der Waals surface area contributed by atoms with Gasteiger partial charge in [-0.15, -0.1) is 0 Å². The number of rotatable bonds is 5. The molecule has 4 heteroatoms. The lowest BCUT2D eigenvalue weighted by Gasteiger charge is -2.32. The van der Waals surface area contributed by atoms with Crippen molar-refractivity contribution in [3.05, 3.63) is 35.9 Å². The third-order valence-electron chi connectivity index (χ3n) is 5.83. The Morgan fingerprint density at radius 2 is 1.71 bits per heavy atom. The fraction of sp³-hybridized carbons (Fsp3) is 0.650. The van der Waals surface area contributed by atoms with E-state index in [2.05, 4.69) is 42.6 Å². The summed E-state index contributed by atoms with van der Waals surface area (Å²) in [6, 6.07) is 11.2. The molecule has 24 heavy (non-hydrogen) atoms. The molecule has 4 nitrogen and oxygen atoms in total. The average molecular weight is 332 g/mol. The molecule has 1 aromatic carbocycles. The number of amides is 1. The number of nitrogens with one attached hydrogen (secondary N) is 3. The first-order chi connectivity index (χ1) is 11.7. The normalized spacial score (nSPS) is 30.7. The van der Waals surface area contributed by atoms with Gasteiger partial charge in [-0.25, -0.2) is 0 Å². The molecular formula is C20H33N3O+2. The van der Waals surface area contributed by atoms with Crippen molar-refractivity contribution in [2.24, 2.45) is 5.92 Å². The maximum Gasteiger partial charge on any atom is 0.275 e. The van der Waals surface area contributed by atoms with Gasteiger partial charge in [-0.05, 0) is 18.8 Å². The van der Waals surface area contributed by atoms with Gasteiger partial charge in [0.2, 0.25) is 0 Å². The Morgan fingerprint density at radius 3 is 2.42 bits per heavy atom. The molecule has 2 fully saturated rings. The topological polar surface area (TPSA) is 38.0 Å². The number of piperazine rings is 1. The highest BCUT2D eigenvalue weighted by molar-refractivity contribution is 5.77. The quantitative estimate of drug-likeness (QED) is 0.679. The highest BCUT2D eigenvalue weighted by atomic mass is 16.2.